The molecule has 0 radical (unpaired) electrons. The molecule has 0 aliphatic carbocycles. The fourth-order valence-electron chi connectivity index (χ4n) is 2.09. The van der Waals surface area contributed by atoms with Crippen LogP contribution in [0.3, 0.4) is 0 Å². The number of oxazole rings is 1. The van der Waals surface area contributed by atoms with Gasteiger partial charge >= 0.3 is 0 Å². The van der Waals surface area contributed by atoms with E-state index in [4.69, 9.17) is 4.42 Å². The summed E-state index contributed by atoms with van der Waals surface area (Å²) >= 11 is 1.58. The molecule has 0 atom stereocenters. The predicted molar refractivity (Wildman–Crippen MR) is 85.4 cm³/mol. The van der Waals surface area contributed by atoms with Crippen molar-refractivity contribution in [3.63, 3.8) is 0 Å². The van der Waals surface area contributed by atoms with Crippen LogP contribution in [0.1, 0.15) is 44.1 Å². The zero-order valence-corrected chi connectivity index (χ0v) is 13.5. The van der Waals surface area contributed by atoms with Crippen molar-refractivity contribution >= 4 is 17.2 Å². The monoisotopic (exact) mass is 306 g/mol. The van der Waals surface area contributed by atoms with Gasteiger partial charge in [-0.1, -0.05) is 32.3 Å². The Morgan fingerprint density at radius 2 is 2.24 bits per heavy atom. The summed E-state index contributed by atoms with van der Waals surface area (Å²) in [6.45, 7) is 4.78. The molecule has 0 fully saturated rings. The Morgan fingerprint density at radius 3 is 2.95 bits per heavy atom. The van der Waals surface area contributed by atoms with E-state index in [9.17, 15) is 4.79 Å². The first-order valence-electron chi connectivity index (χ1n) is 7.47. The first-order valence-corrected chi connectivity index (χ1v) is 8.35. The predicted octanol–water partition coefficient (Wildman–Crippen LogP) is 3.95. The van der Waals surface area contributed by atoms with Crippen molar-refractivity contribution in [1.29, 1.82) is 0 Å². The summed E-state index contributed by atoms with van der Waals surface area (Å²) in [5.41, 5.74) is 0.726. The molecule has 0 aliphatic rings. The average Bonchev–Trinajstić information content (AvgIpc) is 3.09. The molecule has 5 heteroatoms. The number of hydrogen-bond donors (Lipinski definition) is 1. The van der Waals surface area contributed by atoms with Crippen LogP contribution in [0.5, 0.6) is 0 Å². The minimum absolute atomic E-state index is 0.0145. The molecule has 2 rings (SSSR count). The van der Waals surface area contributed by atoms with E-state index in [1.165, 1.54) is 19.3 Å². The summed E-state index contributed by atoms with van der Waals surface area (Å²) in [6.07, 6.45) is 4.93. The molecule has 21 heavy (non-hydrogen) atoms. The number of amides is 1. The molecular formula is C16H22N2O2S. The van der Waals surface area contributed by atoms with Gasteiger partial charge in [-0.3, -0.25) is 4.79 Å². The van der Waals surface area contributed by atoms with Crippen LogP contribution in [0.2, 0.25) is 0 Å². The van der Waals surface area contributed by atoms with Gasteiger partial charge in [-0.25, -0.2) is 4.98 Å². The third-order valence-corrected chi connectivity index (χ3v) is 4.16. The summed E-state index contributed by atoms with van der Waals surface area (Å²) < 4.78 is 5.64. The van der Waals surface area contributed by atoms with Gasteiger partial charge in [0.2, 0.25) is 11.8 Å². The zero-order valence-electron chi connectivity index (χ0n) is 12.6. The highest BCUT2D eigenvalue weighted by Gasteiger charge is 2.14. The van der Waals surface area contributed by atoms with Crippen molar-refractivity contribution in [2.45, 2.75) is 46.0 Å². The number of nitrogens with zero attached hydrogens (tertiary/aromatic N) is 1. The van der Waals surface area contributed by atoms with Crippen molar-refractivity contribution in [2.75, 3.05) is 6.54 Å². The van der Waals surface area contributed by atoms with E-state index in [1.54, 1.807) is 11.3 Å². The maximum absolute atomic E-state index is 11.9. The van der Waals surface area contributed by atoms with Gasteiger partial charge in [-0.2, -0.15) is 0 Å². The van der Waals surface area contributed by atoms with E-state index in [2.05, 4.69) is 17.2 Å². The highest BCUT2D eigenvalue weighted by Crippen LogP contribution is 2.25. The van der Waals surface area contributed by atoms with E-state index in [0.29, 0.717) is 5.89 Å². The van der Waals surface area contributed by atoms with Crippen LogP contribution in [0.25, 0.3) is 10.8 Å². The lowest BCUT2D eigenvalue weighted by atomic mass is 10.2. The Balaban J connectivity index is 1.84. The maximum atomic E-state index is 11.9. The molecule has 2 heterocycles. The third-order valence-electron chi connectivity index (χ3n) is 3.31. The Hall–Kier alpha value is -1.62. The fraction of sp³-hybridized carbons (Fsp3) is 0.500. The number of carbonyl (C=O) groups excluding carboxylic acids is 1. The lowest BCUT2D eigenvalue weighted by Crippen LogP contribution is -2.26. The molecule has 2 aromatic rings. The second-order valence-electron chi connectivity index (χ2n) is 5.09. The molecule has 0 spiro atoms. The van der Waals surface area contributed by atoms with E-state index < -0.39 is 0 Å². The van der Waals surface area contributed by atoms with Crippen LogP contribution in [0.15, 0.2) is 21.9 Å². The number of rotatable bonds is 8. The molecule has 0 saturated carbocycles. The maximum Gasteiger partial charge on any atom is 0.236 e. The van der Waals surface area contributed by atoms with Gasteiger partial charge in [0.25, 0.3) is 0 Å². The average molecular weight is 306 g/mol. The number of hydrogen-bond acceptors (Lipinski definition) is 4. The van der Waals surface area contributed by atoms with Crippen molar-refractivity contribution < 1.29 is 9.21 Å². The molecule has 0 saturated heterocycles. The second-order valence-corrected chi connectivity index (χ2v) is 6.03. The molecule has 2 aromatic heterocycles. The van der Waals surface area contributed by atoms with Crippen molar-refractivity contribution in [3.8, 4) is 10.8 Å². The summed E-state index contributed by atoms with van der Waals surface area (Å²) in [6, 6.07) is 3.93. The van der Waals surface area contributed by atoms with E-state index in [0.717, 1.165) is 29.3 Å². The SMILES string of the molecule is CCCCCCNC(=O)Cc1nc(-c2cccs2)oc1C. The standard InChI is InChI=1S/C16H22N2O2S/c1-3-4-5-6-9-17-15(19)11-13-12(2)20-16(18-13)14-8-7-10-21-14/h7-8,10H,3-6,9,11H2,1-2H3,(H,17,19). The minimum Gasteiger partial charge on any atom is -0.440 e. The van der Waals surface area contributed by atoms with Crippen LogP contribution in [-0.4, -0.2) is 17.4 Å². The summed E-state index contributed by atoms with van der Waals surface area (Å²) in [5.74, 6) is 1.34. The molecule has 0 aliphatic heterocycles. The van der Waals surface area contributed by atoms with E-state index in [-0.39, 0.29) is 12.3 Å². The Labute approximate surface area is 129 Å². The summed E-state index contributed by atoms with van der Waals surface area (Å²) in [7, 11) is 0. The molecule has 0 aromatic carbocycles. The van der Waals surface area contributed by atoms with Crippen LogP contribution in [0.4, 0.5) is 0 Å². The Kier molecular flexibility index (Phi) is 5.99. The van der Waals surface area contributed by atoms with Gasteiger partial charge in [0.1, 0.15) is 5.76 Å². The highest BCUT2D eigenvalue weighted by atomic mass is 32.1. The Morgan fingerprint density at radius 1 is 1.38 bits per heavy atom. The lowest BCUT2D eigenvalue weighted by Gasteiger charge is -2.03. The van der Waals surface area contributed by atoms with Crippen LogP contribution >= 0.6 is 11.3 Å². The van der Waals surface area contributed by atoms with E-state index in [1.807, 2.05) is 24.4 Å². The van der Waals surface area contributed by atoms with Gasteiger partial charge in [-0.05, 0) is 24.8 Å². The molecule has 0 bridgehead atoms. The molecule has 4 nitrogen and oxygen atoms in total. The molecular weight excluding hydrogens is 284 g/mol. The first kappa shape index (κ1) is 15.8. The second kappa shape index (κ2) is 7.98. The number of aromatic nitrogens is 1. The summed E-state index contributed by atoms with van der Waals surface area (Å²) in [4.78, 5) is 17.3. The fourth-order valence-corrected chi connectivity index (χ4v) is 2.74. The third kappa shape index (κ3) is 4.70. The molecule has 114 valence electrons. The molecule has 0 unspecified atom stereocenters. The quantitative estimate of drug-likeness (QED) is 0.751. The van der Waals surface area contributed by atoms with E-state index >= 15 is 0 Å². The molecule has 1 N–H and O–H groups in total. The number of carbonyl (C=O) groups is 1. The van der Waals surface area contributed by atoms with Gasteiger partial charge in [-0.15, -0.1) is 11.3 Å². The minimum atomic E-state index is 0.0145. The number of aryl methyl sites for hydroxylation is 1. The normalized spacial score (nSPS) is 10.8. The first-order chi connectivity index (χ1) is 10.2. The van der Waals surface area contributed by atoms with Crippen molar-refractivity contribution in [1.82, 2.24) is 10.3 Å². The highest BCUT2D eigenvalue weighted by molar-refractivity contribution is 7.13. The largest absolute Gasteiger partial charge is 0.440 e. The van der Waals surface area contributed by atoms with Crippen LogP contribution in [-0.2, 0) is 11.2 Å². The topological polar surface area (TPSA) is 55.1 Å². The van der Waals surface area contributed by atoms with Gasteiger partial charge in [0, 0.05) is 6.54 Å². The number of unbranched alkanes of at least 4 members (excludes halogenated alkanes) is 3. The van der Waals surface area contributed by atoms with Gasteiger partial charge < -0.3 is 9.73 Å². The van der Waals surface area contributed by atoms with Crippen molar-refractivity contribution in [3.05, 3.63) is 29.0 Å². The number of thiophene rings is 1. The van der Waals surface area contributed by atoms with Crippen molar-refractivity contribution in [2.24, 2.45) is 0 Å². The Bertz CT molecular complexity index is 561. The summed E-state index contributed by atoms with van der Waals surface area (Å²) in [5, 5.41) is 4.93. The lowest BCUT2D eigenvalue weighted by molar-refractivity contribution is -0.120. The van der Waals surface area contributed by atoms with Gasteiger partial charge in [0.15, 0.2) is 0 Å². The number of nitrogens with one attached hydrogen (secondary N) is 1. The van der Waals surface area contributed by atoms with Crippen LogP contribution < -0.4 is 5.32 Å². The smallest absolute Gasteiger partial charge is 0.236 e. The van der Waals surface area contributed by atoms with Crippen LogP contribution in [0, 0.1) is 6.92 Å². The van der Waals surface area contributed by atoms with Gasteiger partial charge in [0.05, 0.1) is 17.0 Å². The molecule has 1 amide bonds. The zero-order chi connectivity index (χ0) is 15.1.